The van der Waals surface area contributed by atoms with Crippen LogP contribution in [0.25, 0.3) is 0 Å². The Labute approximate surface area is 77.8 Å². The van der Waals surface area contributed by atoms with Crippen LogP contribution in [0.2, 0.25) is 0 Å². The van der Waals surface area contributed by atoms with E-state index in [1.807, 2.05) is 24.4 Å². The first-order chi connectivity index (χ1) is 6.27. The SMILES string of the molecule is Cc1ccc(N)cc1C1=NC=CC1. The van der Waals surface area contributed by atoms with Crippen molar-refractivity contribution >= 4 is 11.4 Å². The number of nitrogens with zero attached hydrogens (tertiary/aromatic N) is 1. The summed E-state index contributed by atoms with van der Waals surface area (Å²) in [6.07, 6.45) is 4.82. The molecule has 2 nitrogen and oxygen atoms in total. The van der Waals surface area contributed by atoms with E-state index >= 15 is 0 Å². The molecule has 66 valence electrons. The number of benzene rings is 1. The van der Waals surface area contributed by atoms with E-state index < -0.39 is 0 Å². The predicted molar refractivity (Wildman–Crippen MR) is 55.9 cm³/mol. The molecule has 0 aliphatic carbocycles. The van der Waals surface area contributed by atoms with Crippen molar-refractivity contribution in [2.24, 2.45) is 4.99 Å². The summed E-state index contributed by atoms with van der Waals surface area (Å²) >= 11 is 0. The van der Waals surface area contributed by atoms with Crippen molar-refractivity contribution in [1.29, 1.82) is 0 Å². The van der Waals surface area contributed by atoms with Gasteiger partial charge in [0.25, 0.3) is 0 Å². The molecular formula is C11H12N2. The van der Waals surface area contributed by atoms with Gasteiger partial charge in [0.15, 0.2) is 0 Å². The molecule has 0 fully saturated rings. The topological polar surface area (TPSA) is 38.4 Å². The summed E-state index contributed by atoms with van der Waals surface area (Å²) in [6.45, 7) is 2.08. The standard InChI is InChI=1S/C11H12N2/c1-8-4-5-9(12)7-10(8)11-3-2-6-13-11/h2,4-7H,3,12H2,1H3. The molecule has 2 heteroatoms. The number of hydrogen-bond acceptors (Lipinski definition) is 2. The number of aryl methyl sites for hydroxylation is 1. The van der Waals surface area contributed by atoms with Gasteiger partial charge < -0.3 is 5.73 Å². The Bertz CT molecular complexity index is 389. The molecule has 0 spiro atoms. The van der Waals surface area contributed by atoms with Crippen LogP contribution in [0, 0.1) is 6.92 Å². The van der Waals surface area contributed by atoms with Crippen LogP contribution in [0.15, 0.2) is 35.5 Å². The molecule has 13 heavy (non-hydrogen) atoms. The second-order valence-electron chi connectivity index (χ2n) is 3.24. The Morgan fingerprint density at radius 3 is 2.92 bits per heavy atom. The molecule has 0 radical (unpaired) electrons. The summed E-state index contributed by atoms with van der Waals surface area (Å²) in [6, 6.07) is 5.94. The van der Waals surface area contributed by atoms with Crippen molar-refractivity contribution in [3.63, 3.8) is 0 Å². The fourth-order valence-corrected chi connectivity index (χ4v) is 1.49. The molecule has 1 aliphatic heterocycles. The third kappa shape index (κ3) is 1.47. The van der Waals surface area contributed by atoms with Gasteiger partial charge in [0.05, 0.1) is 5.71 Å². The van der Waals surface area contributed by atoms with Crippen LogP contribution in [0.5, 0.6) is 0 Å². The van der Waals surface area contributed by atoms with E-state index in [1.165, 1.54) is 11.1 Å². The largest absolute Gasteiger partial charge is 0.399 e. The molecule has 0 saturated carbocycles. The van der Waals surface area contributed by atoms with Crippen molar-refractivity contribution in [2.45, 2.75) is 13.3 Å². The number of allylic oxidation sites excluding steroid dienone is 1. The smallest absolute Gasteiger partial charge is 0.0517 e. The first kappa shape index (κ1) is 8.05. The van der Waals surface area contributed by atoms with Crippen LogP contribution in [-0.2, 0) is 0 Å². The number of anilines is 1. The van der Waals surface area contributed by atoms with Gasteiger partial charge in [-0.15, -0.1) is 0 Å². The first-order valence-corrected chi connectivity index (χ1v) is 4.35. The fraction of sp³-hybridized carbons (Fsp3) is 0.182. The molecule has 2 rings (SSSR count). The zero-order valence-electron chi connectivity index (χ0n) is 7.62. The summed E-state index contributed by atoms with van der Waals surface area (Å²) < 4.78 is 0. The van der Waals surface area contributed by atoms with E-state index in [4.69, 9.17) is 5.73 Å². The average molecular weight is 172 g/mol. The number of hydrogen-bond donors (Lipinski definition) is 1. The second-order valence-corrected chi connectivity index (χ2v) is 3.24. The molecule has 2 N–H and O–H groups in total. The van der Waals surface area contributed by atoms with Crippen LogP contribution >= 0.6 is 0 Å². The minimum atomic E-state index is 0.801. The Hall–Kier alpha value is -1.57. The number of rotatable bonds is 1. The molecule has 0 atom stereocenters. The zero-order valence-corrected chi connectivity index (χ0v) is 7.62. The summed E-state index contributed by atoms with van der Waals surface area (Å²) in [5.74, 6) is 0. The van der Waals surface area contributed by atoms with Crippen molar-refractivity contribution in [3.05, 3.63) is 41.6 Å². The van der Waals surface area contributed by atoms with Gasteiger partial charge in [0.1, 0.15) is 0 Å². The van der Waals surface area contributed by atoms with Crippen LogP contribution in [0.3, 0.4) is 0 Å². The Balaban J connectivity index is 2.45. The van der Waals surface area contributed by atoms with Crippen molar-refractivity contribution in [3.8, 4) is 0 Å². The highest BCUT2D eigenvalue weighted by Gasteiger charge is 2.07. The minimum Gasteiger partial charge on any atom is -0.399 e. The highest BCUT2D eigenvalue weighted by atomic mass is 14.7. The lowest BCUT2D eigenvalue weighted by Gasteiger charge is -2.05. The van der Waals surface area contributed by atoms with E-state index in [9.17, 15) is 0 Å². The summed E-state index contributed by atoms with van der Waals surface area (Å²) in [7, 11) is 0. The van der Waals surface area contributed by atoms with Crippen LogP contribution in [0.4, 0.5) is 5.69 Å². The van der Waals surface area contributed by atoms with E-state index in [0.29, 0.717) is 0 Å². The highest BCUT2D eigenvalue weighted by Crippen LogP contribution is 2.17. The lowest BCUT2D eigenvalue weighted by molar-refractivity contribution is 1.40. The molecule has 0 aromatic heterocycles. The Kier molecular flexibility index (Phi) is 1.89. The van der Waals surface area contributed by atoms with Gasteiger partial charge >= 0.3 is 0 Å². The third-order valence-electron chi connectivity index (χ3n) is 2.22. The van der Waals surface area contributed by atoms with Crippen molar-refractivity contribution < 1.29 is 0 Å². The number of nitrogen functional groups attached to an aromatic ring is 1. The Morgan fingerprint density at radius 2 is 2.23 bits per heavy atom. The van der Waals surface area contributed by atoms with E-state index in [1.54, 1.807) is 0 Å². The van der Waals surface area contributed by atoms with Gasteiger partial charge in [0, 0.05) is 23.9 Å². The molecule has 1 aromatic carbocycles. The van der Waals surface area contributed by atoms with Gasteiger partial charge in [-0.2, -0.15) is 0 Å². The normalized spacial score (nSPS) is 14.7. The Morgan fingerprint density at radius 1 is 1.38 bits per heavy atom. The van der Waals surface area contributed by atoms with Crippen molar-refractivity contribution in [1.82, 2.24) is 0 Å². The van der Waals surface area contributed by atoms with Crippen LogP contribution < -0.4 is 5.73 Å². The monoisotopic (exact) mass is 172 g/mol. The molecule has 1 heterocycles. The maximum Gasteiger partial charge on any atom is 0.0517 e. The molecule has 1 aromatic rings. The van der Waals surface area contributed by atoms with Gasteiger partial charge in [-0.05, 0) is 24.6 Å². The second kappa shape index (κ2) is 3.05. The number of aliphatic imine (C=N–C) groups is 1. The summed E-state index contributed by atoms with van der Waals surface area (Å²) in [4.78, 5) is 4.29. The molecular weight excluding hydrogens is 160 g/mol. The molecule has 0 bridgehead atoms. The average Bonchev–Trinajstić information content (AvgIpc) is 2.61. The quantitative estimate of drug-likeness (QED) is 0.648. The minimum absolute atomic E-state index is 0.801. The van der Waals surface area contributed by atoms with E-state index in [-0.39, 0.29) is 0 Å². The summed E-state index contributed by atoms with van der Waals surface area (Å²) in [5.41, 5.74) is 10.0. The van der Waals surface area contributed by atoms with E-state index in [2.05, 4.69) is 18.0 Å². The molecule has 0 amide bonds. The lowest BCUT2D eigenvalue weighted by atomic mass is 10.0. The molecule has 0 unspecified atom stereocenters. The maximum absolute atomic E-state index is 5.72. The van der Waals surface area contributed by atoms with E-state index in [0.717, 1.165) is 17.8 Å². The van der Waals surface area contributed by atoms with Crippen molar-refractivity contribution in [2.75, 3.05) is 5.73 Å². The zero-order chi connectivity index (χ0) is 9.26. The van der Waals surface area contributed by atoms with Gasteiger partial charge in [0.2, 0.25) is 0 Å². The van der Waals surface area contributed by atoms with Gasteiger partial charge in [-0.1, -0.05) is 12.1 Å². The lowest BCUT2D eigenvalue weighted by Crippen LogP contribution is -2.00. The molecule has 0 saturated heterocycles. The maximum atomic E-state index is 5.72. The predicted octanol–water partition coefficient (Wildman–Crippen LogP) is 2.28. The third-order valence-corrected chi connectivity index (χ3v) is 2.22. The van der Waals surface area contributed by atoms with Gasteiger partial charge in [-0.3, -0.25) is 4.99 Å². The summed E-state index contributed by atoms with van der Waals surface area (Å²) in [5, 5.41) is 0. The fourth-order valence-electron chi connectivity index (χ4n) is 1.49. The van der Waals surface area contributed by atoms with Gasteiger partial charge in [-0.25, -0.2) is 0 Å². The van der Waals surface area contributed by atoms with Crippen LogP contribution in [0.1, 0.15) is 17.5 Å². The first-order valence-electron chi connectivity index (χ1n) is 4.35. The van der Waals surface area contributed by atoms with Crippen LogP contribution in [-0.4, -0.2) is 5.71 Å². The molecule has 1 aliphatic rings. The highest BCUT2D eigenvalue weighted by molar-refractivity contribution is 6.04. The number of nitrogens with two attached hydrogens (primary N) is 1.